The Hall–Kier alpha value is -0.590. The molecule has 1 aromatic carbocycles. The molecule has 0 aliphatic carbocycles. The number of rotatable bonds is 6. The van der Waals surface area contributed by atoms with Gasteiger partial charge in [-0.2, -0.15) is 0 Å². The highest BCUT2D eigenvalue weighted by Crippen LogP contribution is 2.14. The summed E-state index contributed by atoms with van der Waals surface area (Å²) in [5, 5.41) is 0.695. The third-order valence-corrected chi connectivity index (χ3v) is 3.81. The molecule has 6 heteroatoms. The van der Waals surface area contributed by atoms with E-state index in [1.165, 1.54) is 7.11 Å². The highest BCUT2D eigenvalue weighted by molar-refractivity contribution is 9.08. The lowest BCUT2D eigenvalue weighted by Crippen LogP contribution is -2.19. The molecule has 4 nitrogen and oxygen atoms in total. The van der Waals surface area contributed by atoms with E-state index in [0.717, 1.165) is 5.56 Å². The second-order valence-corrected chi connectivity index (χ2v) is 5.65. The molecule has 0 bridgehead atoms. The van der Waals surface area contributed by atoms with Gasteiger partial charge in [0.05, 0.1) is 12.4 Å². The molecule has 1 aromatic rings. The molecule has 90 valence electrons. The fourth-order valence-electron chi connectivity index (χ4n) is 1.14. The predicted molar refractivity (Wildman–Crippen MR) is 68.4 cm³/mol. The van der Waals surface area contributed by atoms with Gasteiger partial charge in [-0.1, -0.05) is 28.1 Å². The summed E-state index contributed by atoms with van der Waals surface area (Å²) in [6.07, 6.45) is 0. The number of ether oxygens (including phenoxy) is 1. The molecular formula is C10H14BrNO3S. The van der Waals surface area contributed by atoms with Crippen molar-refractivity contribution in [1.82, 2.24) is 0 Å². The summed E-state index contributed by atoms with van der Waals surface area (Å²) in [6.45, 7) is 0.188. The van der Waals surface area contributed by atoms with Crippen molar-refractivity contribution in [2.45, 2.75) is 5.33 Å². The van der Waals surface area contributed by atoms with E-state index in [4.69, 9.17) is 4.74 Å². The highest BCUT2D eigenvalue weighted by atomic mass is 79.9. The predicted octanol–water partition coefficient (Wildman–Crippen LogP) is 1.97. The summed E-state index contributed by atoms with van der Waals surface area (Å²) in [5.41, 5.74) is 1.60. The summed E-state index contributed by atoms with van der Waals surface area (Å²) in [6, 6.07) is 7.24. The van der Waals surface area contributed by atoms with Crippen molar-refractivity contribution in [1.29, 1.82) is 0 Å². The maximum atomic E-state index is 11.6. The van der Waals surface area contributed by atoms with Crippen molar-refractivity contribution in [3.63, 3.8) is 0 Å². The van der Waals surface area contributed by atoms with E-state index < -0.39 is 10.0 Å². The van der Waals surface area contributed by atoms with E-state index in [2.05, 4.69) is 20.7 Å². The van der Waals surface area contributed by atoms with Crippen molar-refractivity contribution in [3.05, 3.63) is 29.8 Å². The van der Waals surface area contributed by atoms with Crippen molar-refractivity contribution >= 4 is 31.6 Å². The first kappa shape index (κ1) is 13.5. The van der Waals surface area contributed by atoms with Crippen LogP contribution in [0.25, 0.3) is 0 Å². The number of hydrogen-bond donors (Lipinski definition) is 1. The number of halogens is 1. The van der Waals surface area contributed by atoms with Crippen molar-refractivity contribution in [2.75, 3.05) is 24.2 Å². The Balaban J connectivity index is 2.72. The molecule has 0 heterocycles. The van der Waals surface area contributed by atoms with E-state index in [0.29, 0.717) is 11.0 Å². The summed E-state index contributed by atoms with van der Waals surface area (Å²) in [7, 11) is -1.84. The van der Waals surface area contributed by atoms with Crippen molar-refractivity contribution < 1.29 is 13.2 Å². The first-order chi connectivity index (χ1) is 7.57. The van der Waals surface area contributed by atoms with E-state index in [1.807, 2.05) is 12.1 Å². The van der Waals surface area contributed by atoms with E-state index in [9.17, 15) is 8.42 Å². The lowest BCUT2D eigenvalue weighted by atomic mass is 10.2. The Morgan fingerprint density at radius 3 is 2.81 bits per heavy atom. The van der Waals surface area contributed by atoms with Gasteiger partial charge in [-0.05, 0) is 17.7 Å². The monoisotopic (exact) mass is 307 g/mol. The van der Waals surface area contributed by atoms with Gasteiger partial charge < -0.3 is 4.74 Å². The maximum Gasteiger partial charge on any atom is 0.234 e. The number of nitrogens with one attached hydrogen (secondary N) is 1. The molecule has 1 rings (SSSR count). The Labute approximate surface area is 104 Å². The summed E-state index contributed by atoms with van der Waals surface area (Å²) < 4.78 is 30.3. The highest BCUT2D eigenvalue weighted by Gasteiger charge is 2.09. The number of methoxy groups -OCH3 is 1. The smallest absolute Gasteiger partial charge is 0.234 e. The molecule has 0 radical (unpaired) electrons. The fraction of sp³-hybridized carbons (Fsp3) is 0.400. The van der Waals surface area contributed by atoms with E-state index in [1.54, 1.807) is 12.1 Å². The van der Waals surface area contributed by atoms with Gasteiger partial charge in [0.1, 0.15) is 0 Å². The molecule has 0 amide bonds. The molecule has 0 unspecified atom stereocenters. The van der Waals surface area contributed by atoms with E-state index in [-0.39, 0.29) is 12.4 Å². The largest absolute Gasteiger partial charge is 0.384 e. The van der Waals surface area contributed by atoms with Crippen LogP contribution in [-0.4, -0.2) is 27.9 Å². The van der Waals surface area contributed by atoms with Gasteiger partial charge in [0.15, 0.2) is 0 Å². The van der Waals surface area contributed by atoms with Gasteiger partial charge in [0.25, 0.3) is 0 Å². The third kappa shape index (κ3) is 4.51. The molecule has 0 fully saturated rings. The molecule has 0 atom stereocenters. The molecule has 0 aliphatic heterocycles. The molecule has 0 aromatic heterocycles. The molecule has 1 N–H and O–H groups in total. The summed E-state index contributed by atoms with van der Waals surface area (Å²) in [4.78, 5) is 0. The minimum Gasteiger partial charge on any atom is -0.384 e. The Morgan fingerprint density at radius 2 is 2.19 bits per heavy atom. The van der Waals surface area contributed by atoms with Crippen LogP contribution in [0.4, 0.5) is 5.69 Å². The van der Waals surface area contributed by atoms with Crippen LogP contribution in [0.1, 0.15) is 5.56 Å². The third-order valence-electron chi connectivity index (χ3n) is 1.91. The zero-order valence-corrected chi connectivity index (χ0v) is 11.3. The van der Waals surface area contributed by atoms with Crippen LogP contribution in [-0.2, 0) is 20.1 Å². The quantitative estimate of drug-likeness (QED) is 0.818. The van der Waals surface area contributed by atoms with Gasteiger partial charge in [0.2, 0.25) is 10.0 Å². The van der Waals surface area contributed by atoms with E-state index >= 15 is 0 Å². The van der Waals surface area contributed by atoms with Crippen LogP contribution < -0.4 is 4.72 Å². The van der Waals surface area contributed by atoms with Crippen LogP contribution in [0.2, 0.25) is 0 Å². The lowest BCUT2D eigenvalue weighted by Gasteiger charge is -2.08. The normalized spacial score (nSPS) is 11.4. The second kappa shape index (κ2) is 6.22. The number of hydrogen-bond acceptors (Lipinski definition) is 3. The Bertz CT molecular complexity index is 433. The average Bonchev–Trinajstić information content (AvgIpc) is 2.26. The standard InChI is InChI=1S/C10H14BrNO3S/c1-15-5-6-16(13,14)12-10-4-2-3-9(7-10)8-11/h2-4,7,12H,5-6,8H2,1H3. The molecule has 0 aliphatic rings. The minimum absolute atomic E-state index is 0.0396. The summed E-state index contributed by atoms with van der Waals surface area (Å²) >= 11 is 3.32. The average molecular weight is 308 g/mol. The number of alkyl halides is 1. The number of sulfonamides is 1. The van der Waals surface area contributed by atoms with Crippen LogP contribution >= 0.6 is 15.9 Å². The Morgan fingerprint density at radius 1 is 1.44 bits per heavy atom. The van der Waals surface area contributed by atoms with Gasteiger partial charge in [-0.3, -0.25) is 4.72 Å². The van der Waals surface area contributed by atoms with Crippen molar-refractivity contribution in [2.24, 2.45) is 0 Å². The van der Waals surface area contributed by atoms with Gasteiger partial charge >= 0.3 is 0 Å². The topological polar surface area (TPSA) is 55.4 Å². The summed E-state index contributed by atoms with van der Waals surface area (Å²) in [5.74, 6) is -0.0396. The molecule has 0 saturated heterocycles. The first-order valence-corrected chi connectivity index (χ1v) is 7.49. The van der Waals surface area contributed by atoms with Crippen LogP contribution in [0.3, 0.4) is 0 Å². The minimum atomic E-state index is -3.31. The molecule has 16 heavy (non-hydrogen) atoms. The molecular weight excluding hydrogens is 294 g/mol. The van der Waals surface area contributed by atoms with Gasteiger partial charge in [-0.25, -0.2) is 8.42 Å². The van der Waals surface area contributed by atoms with Crippen LogP contribution in [0, 0.1) is 0 Å². The van der Waals surface area contributed by atoms with Crippen LogP contribution in [0.5, 0.6) is 0 Å². The fourth-order valence-corrected chi connectivity index (χ4v) is 2.46. The zero-order valence-electron chi connectivity index (χ0n) is 8.94. The molecule has 0 saturated carbocycles. The van der Waals surface area contributed by atoms with Crippen LogP contribution in [0.15, 0.2) is 24.3 Å². The lowest BCUT2D eigenvalue weighted by molar-refractivity contribution is 0.217. The van der Waals surface area contributed by atoms with Crippen molar-refractivity contribution in [3.8, 4) is 0 Å². The SMILES string of the molecule is COCCS(=O)(=O)Nc1cccc(CBr)c1. The zero-order chi connectivity index (χ0) is 12.0. The number of benzene rings is 1. The second-order valence-electron chi connectivity index (χ2n) is 3.25. The van der Waals surface area contributed by atoms with Gasteiger partial charge in [0, 0.05) is 18.1 Å². The molecule has 0 spiro atoms. The van der Waals surface area contributed by atoms with Gasteiger partial charge in [-0.15, -0.1) is 0 Å². The Kier molecular flexibility index (Phi) is 5.24. The first-order valence-electron chi connectivity index (χ1n) is 4.72. The maximum absolute atomic E-state index is 11.6. The number of anilines is 1.